The van der Waals surface area contributed by atoms with Crippen molar-refractivity contribution in [2.24, 2.45) is 12.5 Å². The van der Waals surface area contributed by atoms with Crippen LogP contribution < -0.4 is 21.1 Å². The molecule has 288 valence electrons. The molecule has 3 amide bonds. The van der Waals surface area contributed by atoms with Crippen LogP contribution in [0.2, 0.25) is 0 Å². The molecule has 4 saturated heterocycles. The number of aryl methyl sites for hydroxylation is 1. The number of rotatable bonds is 6. The number of likely N-dealkylation sites (N-methyl/N-ethyl adjacent to an activating group) is 1. The van der Waals surface area contributed by atoms with Crippen molar-refractivity contribution in [1.29, 1.82) is 0 Å². The largest absolute Gasteiger partial charge is 0.416 e. The number of imide groups is 1. The molecular weight excluding hydrogens is 699 g/mol. The maximum atomic E-state index is 14.2. The molecule has 1 unspecified atom stereocenters. The number of carbonyl (C=O) groups is 3. The molecule has 11 nitrogen and oxygen atoms in total. The fraction of sp³-hybridized carbons (Fsp3) is 0.525. The third-order valence-corrected chi connectivity index (χ3v) is 12.3. The summed E-state index contributed by atoms with van der Waals surface area (Å²) in [5.74, 6) is -1.89. The number of alkyl halides is 3. The van der Waals surface area contributed by atoms with E-state index in [1.165, 1.54) is 16.3 Å². The smallest absolute Gasteiger partial charge is 0.379 e. The van der Waals surface area contributed by atoms with Gasteiger partial charge >= 0.3 is 6.18 Å². The number of benzene rings is 2. The number of hydrogen-bond donors (Lipinski definition) is 2. The van der Waals surface area contributed by atoms with E-state index in [0.29, 0.717) is 43.0 Å². The van der Waals surface area contributed by atoms with Crippen LogP contribution in [-0.4, -0.2) is 89.7 Å². The first-order chi connectivity index (χ1) is 25.7. The molecule has 3 atom stereocenters. The summed E-state index contributed by atoms with van der Waals surface area (Å²) in [6.07, 6.45) is 1.35. The maximum absolute atomic E-state index is 14.2. The highest BCUT2D eigenvalue weighted by Gasteiger charge is 2.41. The van der Waals surface area contributed by atoms with E-state index in [0.717, 1.165) is 56.9 Å². The van der Waals surface area contributed by atoms with E-state index in [9.17, 15) is 32.3 Å². The molecule has 7 rings (SSSR count). The van der Waals surface area contributed by atoms with Crippen molar-refractivity contribution in [3.8, 4) is 0 Å². The van der Waals surface area contributed by atoms with E-state index >= 15 is 0 Å². The molecule has 4 aliphatic rings. The molecule has 1 aromatic heterocycles. The first-order valence-corrected chi connectivity index (χ1v) is 18.9. The number of likely N-dealkylation sites (tertiary alicyclic amines) is 2. The van der Waals surface area contributed by atoms with Gasteiger partial charge in [0.1, 0.15) is 0 Å². The first kappa shape index (κ1) is 37.6. The van der Waals surface area contributed by atoms with Crippen LogP contribution in [0.5, 0.6) is 0 Å². The summed E-state index contributed by atoms with van der Waals surface area (Å²) < 4.78 is 44.0. The number of amides is 3. The highest BCUT2D eigenvalue weighted by Crippen LogP contribution is 2.44. The molecule has 2 N–H and O–H groups in total. The van der Waals surface area contributed by atoms with Gasteiger partial charge in [0.15, 0.2) is 0 Å². The fourth-order valence-electron chi connectivity index (χ4n) is 8.97. The monoisotopic (exact) mass is 747 g/mol. The summed E-state index contributed by atoms with van der Waals surface area (Å²) in [7, 11) is 3.73. The minimum Gasteiger partial charge on any atom is -0.379 e. The molecule has 1 spiro atoms. The lowest BCUT2D eigenvalue weighted by atomic mass is 9.71. The number of carbonyl (C=O) groups excluding carboxylic acids is 3. The number of piperidine rings is 4. The van der Waals surface area contributed by atoms with Crippen molar-refractivity contribution < 1.29 is 27.6 Å². The Labute approximate surface area is 312 Å². The summed E-state index contributed by atoms with van der Waals surface area (Å²) in [5, 5.41) is 9.88. The number of halogens is 3. The topological polar surface area (TPSA) is 120 Å². The molecule has 0 radical (unpaired) electrons. The molecule has 5 heterocycles. The maximum Gasteiger partial charge on any atom is 0.416 e. The molecular formula is C40H48F3N7O4. The molecule has 0 saturated carbocycles. The number of anilines is 2. The van der Waals surface area contributed by atoms with Gasteiger partial charge in [-0.1, -0.05) is 18.2 Å². The van der Waals surface area contributed by atoms with Crippen molar-refractivity contribution >= 4 is 29.1 Å². The minimum absolute atomic E-state index is 0.0102. The van der Waals surface area contributed by atoms with Gasteiger partial charge in [-0.25, -0.2) is 4.68 Å². The highest BCUT2D eigenvalue weighted by atomic mass is 19.4. The SMILES string of the molecule is Cc1c(N[C@H]2C[C@@H](c3ccc(C(=O)N4CCC5(CC4)CCN(c4ccc(C6CCC(=O)NC6=O)c(C(F)(F)F)c4)CC5)cc3)CN(C)C2)cnn(C)c1=O. The van der Waals surface area contributed by atoms with Gasteiger partial charge in [0.2, 0.25) is 11.8 Å². The summed E-state index contributed by atoms with van der Waals surface area (Å²) in [6.45, 7) is 6.03. The van der Waals surface area contributed by atoms with Crippen LogP contribution in [0.15, 0.2) is 53.5 Å². The third kappa shape index (κ3) is 7.75. The van der Waals surface area contributed by atoms with E-state index in [1.54, 1.807) is 19.3 Å². The molecule has 0 bridgehead atoms. The lowest BCUT2D eigenvalue weighted by molar-refractivity contribution is -0.139. The van der Waals surface area contributed by atoms with Crippen molar-refractivity contribution in [2.45, 2.75) is 75.9 Å². The van der Waals surface area contributed by atoms with Gasteiger partial charge in [0.05, 0.1) is 23.4 Å². The van der Waals surface area contributed by atoms with E-state index in [4.69, 9.17) is 0 Å². The van der Waals surface area contributed by atoms with Gasteiger partial charge in [-0.05, 0) is 99.2 Å². The van der Waals surface area contributed by atoms with Crippen molar-refractivity contribution in [2.75, 3.05) is 56.5 Å². The molecule has 3 aromatic rings. The summed E-state index contributed by atoms with van der Waals surface area (Å²) in [5.41, 5.74) is 2.71. The first-order valence-electron chi connectivity index (χ1n) is 18.9. The van der Waals surface area contributed by atoms with Gasteiger partial charge in [0, 0.05) is 75.6 Å². The number of nitrogens with zero attached hydrogens (tertiary/aromatic N) is 5. The lowest BCUT2D eigenvalue weighted by Crippen LogP contribution is -2.48. The number of nitrogens with one attached hydrogen (secondary N) is 2. The molecule has 14 heteroatoms. The second kappa shape index (κ2) is 14.8. The lowest BCUT2D eigenvalue weighted by Gasteiger charge is -2.47. The standard InChI is InChI=1S/C40H48F3N7O4/c1-25-34(22-44-48(3)37(25)53)45-29-20-28(23-47(2)24-29)26-4-6-27(7-5-26)38(54)50-18-14-39(15-19-50)12-16-49(17-13-39)30-8-9-31(33(21-30)40(41,42)43)32-10-11-35(51)46-36(32)52/h4-9,21-22,28-29,32,45H,10-20,23-24H2,1-3H3,(H,46,51,52)/t28-,29+,32?/m1/s1. The fourth-order valence-corrected chi connectivity index (χ4v) is 8.97. The van der Waals surface area contributed by atoms with Crippen LogP contribution in [0.25, 0.3) is 0 Å². The van der Waals surface area contributed by atoms with E-state index < -0.39 is 29.5 Å². The molecule has 2 aromatic carbocycles. The predicted octanol–water partition coefficient (Wildman–Crippen LogP) is 5.05. The highest BCUT2D eigenvalue weighted by molar-refractivity contribution is 6.01. The Morgan fingerprint density at radius 3 is 2.30 bits per heavy atom. The van der Waals surface area contributed by atoms with E-state index in [1.807, 2.05) is 28.9 Å². The van der Waals surface area contributed by atoms with Crippen LogP contribution >= 0.6 is 0 Å². The van der Waals surface area contributed by atoms with Gasteiger partial charge in [-0.15, -0.1) is 0 Å². The quantitative estimate of drug-likeness (QED) is 0.337. The Kier molecular flexibility index (Phi) is 10.3. The number of hydrogen-bond acceptors (Lipinski definition) is 8. The second-order valence-electron chi connectivity index (χ2n) is 15.8. The molecule has 54 heavy (non-hydrogen) atoms. The van der Waals surface area contributed by atoms with E-state index in [-0.39, 0.29) is 47.2 Å². The van der Waals surface area contributed by atoms with Gasteiger partial charge in [-0.2, -0.15) is 18.3 Å². The summed E-state index contributed by atoms with van der Waals surface area (Å²) in [6, 6.07) is 12.3. The zero-order valence-corrected chi connectivity index (χ0v) is 31.0. The Morgan fingerprint density at radius 2 is 1.63 bits per heavy atom. The minimum atomic E-state index is -4.64. The zero-order valence-electron chi connectivity index (χ0n) is 31.0. The normalized spacial score (nSPS) is 23.7. The van der Waals surface area contributed by atoms with Crippen LogP contribution in [-0.2, 0) is 22.8 Å². The zero-order chi connectivity index (χ0) is 38.4. The summed E-state index contributed by atoms with van der Waals surface area (Å²) in [4.78, 5) is 56.2. The Hall–Kier alpha value is -4.72. The van der Waals surface area contributed by atoms with Crippen LogP contribution in [0.1, 0.15) is 89.4 Å². The Morgan fingerprint density at radius 1 is 0.944 bits per heavy atom. The van der Waals surface area contributed by atoms with Crippen LogP contribution in [0, 0.1) is 12.3 Å². The second-order valence-corrected chi connectivity index (χ2v) is 15.8. The van der Waals surface area contributed by atoms with Gasteiger partial charge in [-0.3, -0.25) is 24.5 Å². The van der Waals surface area contributed by atoms with Crippen molar-refractivity contribution in [3.05, 3.63) is 86.8 Å². The van der Waals surface area contributed by atoms with Crippen LogP contribution in [0.4, 0.5) is 24.5 Å². The molecule has 4 fully saturated rings. The molecule has 4 aliphatic heterocycles. The van der Waals surface area contributed by atoms with Crippen LogP contribution in [0.3, 0.4) is 0 Å². The van der Waals surface area contributed by atoms with Gasteiger partial charge in [0.25, 0.3) is 11.5 Å². The Bertz CT molecular complexity index is 1960. The van der Waals surface area contributed by atoms with Crippen molar-refractivity contribution in [1.82, 2.24) is 24.9 Å². The Balaban J connectivity index is 0.935. The average Bonchev–Trinajstić information content (AvgIpc) is 3.15. The third-order valence-electron chi connectivity index (χ3n) is 12.3. The van der Waals surface area contributed by atoms with E-state index in [2.05, 4.69) is 39.8 Å². The predicted molar refractivity (Wildman–Crippen MR) is 199 cm³/mol. The average molecular weight is 748 g/mol. The van der Waals surface area contributed by atoms with Crippen molar-refractivity contribution in [3.63, 3.8) is 0 Å². The van der Waals surface area contributed by atoms with Gasteiger partial charge < -0.3 is 20.0 Å². The number of aromatic nitrogens is 2. The summed E-state index contributed by atoms with van der Waals surface area (Å²) >= 11 is 0. The molecule has 0 aliphatic carbocycles.